The molecule has 4 rings (SSSR count). The highest BCUT2D eigenvalue weighted by Crippen LogP contribution is 2.25. The molecule has 0 amide bonds. The minimum atomic E-state index is -3.61. The van der Waals surface area contributed by atoms with E-state index in [2.05, 4.69) is 12.1 Å². The van der Waals surface area contributed by atoms with Crippen molar-refractivity contribution < 1.29 is 13.3 Å². The Morgan fingerprint density at radius 3 is 2.17 bits per heavy atom. The summed E-state index contributed by atoms with van der Waals surface area (Å²) in [5.74, 6) is 0. The Balaban J connectivity index is 1.57. The van der Waals surface area contributed by atoms with Gasteiger partial charge in [-0.25, -0.2) is 13.2 Å². The Kier molecular flexibility index (Phi) is 5.10. The van der Waals surface area contributed by atoms with E-state index < -0.39 is 10.0 Å². The number of quaternary nitrogens is 1. The number of hydrogen-bond acceptors (Lipinski definition) is 3. The molecule has 1 aromatic heterocycles. The molecular weight excluding hydrogens is 388 g/mol. The van der Waals surface area contributed by atoms with Crippen molar-refractivity contribution in [1.29, 1.82) is 0 Å². The Morgan fingerprint density at radius 2 is 1.55 bits per heavy atom. The predicted octanol–water partition coefficient (Wildman–Crippen LogP) is 0.275. The number of benzene rings is 2. The van der Waals surface area contributed by atoms with Gasteiger partial charge in [-0.2, -0.15) is 4.31 Å². The Hall–Kier alpha value is -2.42. The number of hydrogen-bond donors (Lipinski definition) is 1. The normalized spacial score (nSPS) is 16.5. The van der Waals surface area contributed by atoms with Crippen LogP contribution in [-0.2, 0) is 30.7 Å². The maximum absolute atomic E-state index is 13.3. The summed E-state index contributed by atoms with van der Waals surface area (Å²) in [6, 6.07) is 13.7. The SMILES string of the molecule is Cc1cc2c(cc1S(=O)(=O)N1CC[NH+](Cc3ccccc3)CC1)n(C)c(=O)n2C. The standard InChI is InChI=1S/C21H26N4O3S/c1-16-13-18-19(23(3)21(26)22(18)2)14-20(16)29(27,28)25-11-9-24(10-12-25)15-17-7-5-4-6-8-17/h4-8,13-14H,9-12,15H2,1-3H3/p+1. The molecular formula is C21H27N4O3S+. The van der Waals surface area contributed by atoms with Gasteiger partial charge in [-0.3, -0.25) is 9.13 Å². The fourth-order valence-electron chi connectivity index (χ4n) is 4.15. The van der Waals surface area contributed by atoms with E-state index in [1.165, 1.54) is 15.0 Å². The molecule has 2 aromatic carbocycles. The Labute approximate surface area is 170 Å². The lowest BCUT2D eigenvalue weighted by molar-refractivity contribution is -0.917. The van der Waals surface area contributed by atoms with E-state index in [1.54, 1.807) is 42.0 Å². The van der Waals surface area contributed by atoms with E-state index in [4.69, 9.17) is 0 Å². The summed E-state index contributed by atoms with van der Waals surface area (Å²) in [5.41, 5.74) is 3.15. The fraction of sp³-hybridized carbons (Fsp3) is 0.381. The van der Waals surface area contributed by atoms with Crippen molar-refractivity contribution in [2.75, 3.05) is 26.2 Å². The summed E-state index contributed by atoms with van der Waals surface area (Å²) >= 11 is 0. The van der Waals surface area contributed by atoms with Crippen molar-refractivity contribution in [3.8, 4) is 0 Å². The highest BCUT2D eigenvalue weighted by atomic mass is 32.2. The second-order valence-electron chi connectivity index (χ2n) is 7.82. The highest BCUT2D eigenvalue weighted by Gasteiger charge is 2.32. The van der Waals surface area contributed by atoms with Gasteiger partial charge in [-0.1, -0.05) is 30.3 Å². The monoisotopic (exact) mass is 415 g/mol. The molecule has 3 aromatic rings. The second kappa shape index (κ2) is 7.44. The topological polar surface area (TPSA) is 68.8 Å². The molecule has 7 nitrogen and oxygen atoms in total. The largest absolute Gasteiger partial charge is 0.329 e. The van der Waals surface area contributed by atoms with Crippen LogP contribution in [0.25, 0.3) is 11.0 Å². The van der Waals surface area contributed by atoms with E-state index in [0.717, 1.165) is 25.2 Å². The summed E-state index contributed by atoms with van der Waals surface area (Å²) in [6.07, 6.45) is 0. The summed E-state index contributed by atoms with van der Waals surface area (Å²) in [5, 5.41) is 0. The van der Waals surface area contributed by atoms with Crippen LogP contribution >= 0.6 is 0 Å². The molecule has 0 atom stereocenters. The minimum absolute atomic E-state index is 0.160. The summed E-state index contributed by atoms with van der Waals surface area (Å²) in [6.45, 7) is 5.25. The maximum Gasteiger partial charge on any atom is 0.328 e. The van der Waals surface area contributed by atoms with Gasteiger partial charge >= 0.3 is 5.69 Å². The molecule has 1 N–H and O–H groups in total. The van der Waals surface area contributed by atoms with Gasteiger partial charge in [-0.15, -0.1) is 0 Å². The van der Waals surface area contributed by atoms with Crippen LogP contribution in [-0.4, -0.2) is 48.0 Å². The zero-order valence-corrected chi connectivity index (χ0v) is 17.9. The van der Waals surface area contributed by atoms with Gasteiger partial charge in [0.05, 0.1) is 42.1 Å². The molecule has 29 heavy (non-hydrogen) atoms. The lowest BCUT2D eigenvalue weighted by Crippen LogP contribution is -3.13. The van der Waals surface area contributed by atoms with E-state index in [9.17, 15) is 13.2 Å². The van der Waals surface area contributed by atoms with Crippen molar-refractivity contribution in [3.63, 3.8) is 0 Å². The van der Waals surface area contributed by atoms with Crippen molar-refractivity contribution in [1.82, 2.24) is 13.4 Å². The summed E-state index contributed by atoms with van der Waals surface area (Å²) in [7, 11) is -0.235. The zero-order valence-electron chi connectivity index (χ0n) is 17.1. The average molecular weight is 416 g/mol. The van der Waals surface area contributed by atoms with Gasteiger partial charge in [0, 0.05) is 19.7 Å². The number of aryl methyl sites for hydroxylation is 3. The third-order valence-electron chi connectivity index (χ3n) is 5.91. The van der Waals surface area contributed by atoms with Crippen molar-refractivity contribution in [2.45, 2.75) is 18.4 Å². The number of rotatable bonds is 4. The Bertz CT molecular complexity index is 1200. The lowest BCUT2D eigenvalue weighted by Gasteiger charge is -2.32. The first kappa shape index (κ1) is 19.9. The molecule has 0 bridgehead atoms. The number of sulfonamides is 1. The van der Waals surface area contributed by atoms with Crippen LogP contribution in [0.3, 0.4) is 0 Å². The molecule has 154 valence electrons. The first-order chi connectivity index (χ1) is 13.8. The third-order valence-corrected chi connectivity index (χ3v) is 7.95. The molecule has 0 radical (unpaired) electrons. The number of nitrogens with one attached hydrogen (secondary N) is 1. The van der Waals surface area contributed by atoms with Gasteiger partial charge in [0.2, 0.25) is 10.0 Å². The number of imidazole rings is 1. The number of nitrogens with zero attached hydrogens (tertiary/aromatic N) is 3. The quantitative estimate of drug-likeness (QED) is 0.665. The van der Waals surface area contributed by atoms with Crippen LogP contribution < -0.4 is 10.6 Å². The van der Waals surface area contributed by atoms with Crippen LogP contribution in [0.1, 0.15) is 11.1 Å². The van der Waals surface area contributed by atoms with E-state index in [-0.39, 0.29) is 10.6 Å². The van der Waals surface area contributed by atoms with Gasteiger partial charge in [0.1, 0.15) is 6.54 Å². The van der Waals surface area contributed by atoms with E-state index in [0.29, 0.717) is 24.2 Å². The third kappa shape index (κ3) is 3.52. The molecule has 0 unspecified atom stereocenters. The number of piperazine rings is 1. The lowest BCUT2D eigenvalue weighted by atomic mass is 10.2. The van der Waals surface area contributed by atoms with Gasteiger partial charge in [0.25, 0.3) is 0 Å². The first-order valence-electron chi connectivity index (χ1n) is 9.83. The average Bonchev–Trinajstić information content (AvgIpc) is 2.92. The summed E-state index contributed by atoms with van der Waals surface area (Å²) in [4.78, 5) is 13.9. The summed E-state index contributed by atoms with van der Waals surface area (Å²) < 4.78 is 31.3. The molecule has 1 saturated heterocycles. The smallest absolute Gasteiger partial charge is 0.328 e. The second-order valence-corrected chi connectivity index (χ2v) is 9.73. The van der Waals surface area contributed by atoms with Crippen LogP contribution in [0.4, 0.5) is 0 Å². The van der Waals surface area contributed by atoms with E-state index in [1.807, 2.05) is 18.2 Å². The van der Waals surface area contributed by atoms with Gasteiger partial charge < -0.3 is 4.90 Å². The van der Waals surface area contributed by atoms with Crippen LogP contribution in [0.5, 0.6) is 0 Å². The Morgan fingerprint density at radius 1 is 0.966 bits per heavy atom. The highest BCUT2D eigenvalue weighted by molar-refractivity contribution is 7.89. The first-order valence-corrected chi connectivity index (χ1v) is 11.3. The van der Waals surface area contributed by atoms with Crippen LogP contribution in [0.2, 0.25) is 0 Å². The van der Waals surface area contributed by atoms with E-state index >= 15 is 0 Å². The molecule has 1 fully saturated rings. The van der Waals surface area contributed by atoms with Crippen molar-refractivity contribution in [3.05, 3.63) is 64.1 Å². The molecule has 1 aliphatic rings. The number of fused-ring (bicyclic) bond motifs is 1. The fourth-order valence-corrected chi connectivity index (χ4v) is 5.82. The van der Waals surface area contributed by atoms with Crippen LogP contribution in [0, 0.1) is 6.92 Å². The van der Waals surface area contributed by atoms with Crippen LogP contribution in [0.15, 0.2) is 52.2 Å². The molecule has 0 saturated carbocycles. The molecule has 8 heteroatoms. The molecule has 2 heterocycles. The van der Waals surface area contributed by atoms with Gasteiger partial charge in [0.15, 0.2) is 0 Å². The molecule has 1 aliphatic heterocycles. The molecule has 0 aliphatic carbocycles. The van der Waals surface area contributed by atoms with Gasteiger partial charge in [-0.05, 0) is 24.6 Å². The zero-order chi connectivity index (χ0) is 20.8. The predicted molar refractivity (Wildman–Crippen MR) is 112 cm³/mol. The maximum atomic E-state index is 13.3. The molecule has 0 spiro atoms. The number of aromatic nitrogens is 2. The van der Waals surface area contributed by atoms with Crippen molar-refractivity contribution in [2.24, 2.45) is 14.1 Å². The minimum Gasteiger partial charge on any atom is -0.329 e. The van der Waals surface area contributed by atoms with Crippen molar-refractivity contribution >= 4 is 21.1 Å².